The normalized spacial score (nSPS) is 14.6. The Bertz CT molecular complexity index is 709. The molecule has 0 unspecified atom stereocenters. The highest BCUT2D eigenvalue weighted by atomic mass is 16.4. The van der Waals surface area contributed by atoms with Crippen LogP contribution >= 0.6 is 0 Å². The molecule has 19 heavy (non-hydrogen) atoms. The molecule has 0 bridgehead atoms. The van der Waals surface area contributed by atoms with Crippen LogP contribution in [0.1, 0.15) is 11.1 Å². The van der Waals surface area contributed by atoms with Gasteiger partial charge in [0.2, 0.25) is 0 Å². The summed E-state index contributed by atoms with van der Waals surface area (Å²) < 4.78 is 0. The SMILES string of the molecule is O=C(O)C=C1C=Cc2ccccc2-c2ccccc21. The molecule has 2 aromatic carbocycles. The van der Waals surface area contributed by atoms with Gasteiger partial charge in [-0.2, -0.15) is 0 Å². The van der Waals surface area contributed by atoms with E-state index in [2.05, 4.69) is 6.07 Å². The first kappa shape index (κ1) is 11.5. The quantitative estimate of drug-likeness (QED) is 0.778. The third-order valence-electron chi connectivity index (χ3n) is 3.21. The van der Waals surface area contributed by atoms with E-state index in [1.807, 2.05) is 54.6 Å². The van der Waals surface area contributed by atoms with E-state index >= 15 is 0 Å². The highest BCUT2D eigenvalue weighted by molar-refractivity contribution is 6.00. The molecule has 0 saturated heterocycles. The van der Waals surface area contributed by atoms with Gasteiger partial charge in [-0.25, -0.2) is 4.79 Å². The number of carboxylic acid groups (broad SMARTS) is 1. The third kappa shape index (κ3) is 2.08. The van der Waals surface area contributed by atoms with E-state index in [1.54, 1.807) is 0 Å². The molecule has 0 aromatic heterocycles. The molecule has 1 aliphatic carbocycles. The molecule has 1 aliphatic rings. The van der Waals surface area contributed by atoms with Gasteiger partial charge in [0.15, 0.2) is 0 Å². The van der Waals surface area contributed by atoms with Gasteiger partial charge in [-0.05, 0) is 27.8 Å². The van der Waals surface area contributed by atoms with E-state index in [1.165, 1.54) is 6.08 Å². The number of benzene rings is 2. The fourth-order valence-electron chi connectivity index (χ4n) is 2.39. The van der Waals surface area contributed by atoms with Crippen molar-refractivity contribution < 1.29 is 9.90 Å². The van der Waals surface area contributed by atoms with E-state index in [9.17, 15) is 4.79 Å². The Kier molecular flexibility index (Phi) is 2.76. The van der Waals surface area contributed by atoms with Crippen LogP contribution in [0.15, 0.2) is 60.7 Å². The first-order valence-electron chi connectivity index (χ1n) is 6.07. The maximum absolute atomic E-state index is 11.0. The fourth-order valence-corrected chi connectivity index (χ4v) is 2.39. The number of allylic oxidation sites excluding steroid dienone is 2. The van der Waals surface area contributed by atoms with Crippen molar-refractivity contribution in [1.29, 1.82) is 0 Å². The second kappa shape index (κ2) is 4.58. The van der Waals surface area contributed by atoms with E-state index in [0.717, 1.165) is 27.8 Å². The molecule has 2 nitrogen and oxygen atoms in total. The minimum absolute atomic E-state index is 0.722. The molecule has 2 heteroatoms. The molecule has 0 atom stereocenters. The van der Waals surface area contributed by atoms with Crippen molar-refractivity contribution >= 4 is 17.6 Å². The van der Waals surface area contributed by atoms with Crippen LogP contribution in [-0.4, -0.2) is 11.1 Å². The predicted octanol–water partition coefficient (Wildman–Crippen LogP) is 3.85. The molecule has 0 spiro atoms. The number of carbonyl (C=O) groups is 1. The van der Waals surface area contributed by atoms with Gasteiger partial charge in [0.05, 0.1) is 0 Å². The standard InChI is InChI=1S/C17H12O2/c18-17(19)11-13-10-9-12-5-1-2-6-14(12)16-8-4-3-7-15(13)16/h1-11H,(H,18,19). The summed E-state index contributed by atoms with van der Waals surface area (Å²) in [6.45, 7) is 0. The lowest BCUT2D eigenvalue weighted by Gasteiger charge is -2.09. The zero-order chi connectivity index (χ0) is 13.2. The molecule has 0 amide bonds. The Morgan fingerprint density at radius 1 is 0.842 bits per heavy atom. The van der Waals surface area contributed by atoms with Crippen LogP contribution in [0.25, 0.3) is 22.8 Å². The minimum Gasteiger partial charge on any atom is -0.478 e. The highest BCUT2D eigenvalue weighted by Crippen LogP contribution is 2.35. The number of hydrogen-bond acceptors (Lipinski definition) is 1. The summed E-state index contributed by atoms with van der Waals surface area (Å²) in [5.41, 5.74) is 4.97. The highest BCUT2D eigenvalue weighted by Gasteiger charge is 2.13. The second-order valence-electron chi connectivity index (χ2n) is 4.40. The van der Waals surface area contributed by atoms with Crippen LogP contribution in [-0.2, 0) is 4.79 Å². The van der Waals surface area contributed by atoms with Gasteiger partial charge >= 0.3 is 5.97 Å². The van der Waals surface area contributed by atoms with E-state index in [-0.39, 0.29) is 0 Å². The first-order valence-corrected chi connectivity index (χ1v) is 6.07. The van der Waals surface area contributed by atoms with Gasteiger partial charge in [0.1, 0.15) is 0 Å². The molecule has 3 rings (SSSR count). The molecular formula is C17H12O2. The monoisotopic (exact) mass is 248 g/mol. The number of carboxylic acids is 1. The van der Waals surface area contributed by atoms with Crippen molar-refractivity contribution in [2.45, 2.75) is 0 Å². The van der Waals surface area contributed by atoms with Crippen molar-refractivity contribution in [3.63, 3.8) is 0 Å². The van der Waals surface area contributed by atoms with Gasteiger partial charge in [0.25, 0.3) is 0 Å². The number of fused-ring (bicyclic) bond motifs is 3. The van der Waals surface area contributed by atoms with Crippen molar-refractivity contribution in [3.8, 4) is 11.1 Å². The Morgan fingerprint density at radius 3 is 2.21 bits per heavy atom. The van der Waals surface area contributed by atoms with Crippen LogP contribution < -0.4 is 0 Å². The van der Waals surface area contributed by atoms with Gasteiger partial charge in [-0.1, -0.05) is 60.7 Å². The molecule has 0 saturated carbocycles. The zero-order valence-electron chi connectivity index (χ0n) is 10.2. The molecule has 0 aliphatic heterocycles. The average molecular weight is 248 g/mol. The van der Waals surface area contributed by atoms with Crippen molar-refractivity contribution in [1.82, 2.24) is 0 Å². The lowest BCUT2D eigenvalue weighted by atomic mass is 9.94. The van der Waals surface area contributed by atoms with Crippen LogP contribution in [0.4, 0.5) is 0 Å². The Labute approximate surface area is 111 Å². The molecule has 0 fully saturated rings. The van der Waals surface area contributed by atoms with Crippen molar-refractivity contribution in [2.24, 2.45) is 0 Å². The summed E-state index contributed by atoms with van der Waals surface area (Å²) in [6.07, 6.45) is 5.07. The molecule has 2 aromatic rings. The van der Waals surface area contributed by atoms with Gasteiger partial charge in [-0.15, -0.1) is 0 Å². The minimum atomic E-state index is -0.930. The lowest BCUT2D eigenvalue weighted by molar-refractivity contribution is -0.131. The number of rotatable bonds is 1. The van der Waals surface area contributed by atoms with E-state index < -0.39 is 5.97 Å². The van der Waals surface area contributed by atoms with Gasteiger partial charge in [0, 0.05) is 6.08 Å². The van der Waals surface area contributed by atoms with Crippen LogP contribution in [0.5, 0.6) is 0 Å². The van der Waals surface area contributed by atoms with Crippen LogP contribution in [0.2, 0.25) is 0 Å². The smallest absolute Gasteiger partial charge is 0.328 e. The summed E-state index contributed by atoms with van der Waals surface area (Å²) in [4.78, 5) is 11.0. The molecule has 0 radical (unpaired) electrons. The molecular weight excluding hydrogens is 236 g/mol. The van der Waals surface area contributed by atoms with Crippen LogP contribution in [0.3, 0.4) is 0 Å². The fraction of sp³-hybridized carbons (Fsp3) is 0. The summed E-state index contributed by atoms with van der Waals surface area (Å²) in [6, 6.07) is 15.9. The summed E-state index contributed by atoms with van der Waals surface area (Å²) in [7, 11) is 0. The number of hydrogen-bond donors (Lipinski definition) is 1. The maximum Gasteiger partial charge on any atom is 0.328 e. The van der Waals surface area contributed by atoms with Gasteiger partial charge < -0.3 is 5.11 Å². The molecule has 1 N–H and O–H groups in total. The Hall–Kier alpha value is -2.61. The van der Waals surface area contributed by atoms with E-state index in [4.69, 9.17) is 5.11 Å². The lowest BCUT2D eigenvalue weighted by Crippen LogP contribution is -1.92. The Morgan fingerprint density at radius 2 is 1.47 bits per heavy atom. The number of aliphatic carboxylic acids is 1. The topological polar surface area (TPSA) is 37.3 Å². The summed E-state index contributed by atoms with van der Waals surface area (Å²) >= 11 is 0. The third-order valence-corrected chi connectivity index (χ3v) is 3.21. The summed E-state index contributed by atoms with van der Waals surface area (Å²) in [5, 5.41) is 8.99. The Balaban J connectivity index is 2.32. The first-order chi connectivity index (χ1) is 9.25. The zero-order valence-corrected chi connectivity index (χ0v) is 10.2. The van der Waals surface area contributed by atoms with Crippen LogP contribution in [0, 0.1) is 0 Å². The predicted molar refractivity (Wildman–Crippen MR) is 76.5 cm³/mol. The molecule has 0 heterocycles. The van der Waals surface area contributed by atoms with E-state index in [0.29, 0.717) is 0 Å². The maximum atomic E-state index is 11.0. The largest absolute Gasteiger partial charge is 0.478 e. The van der Waals surface area contributed by atoms with Gasteiger partial charge in [-0.3, -0.25) is 0 Å². The van der Waals surface area contributed by atoms with Crippen molar-refractivity contribution in [2.75, 3.05) is 0 Å². The molecule has 92 valence electrons. The van der Waals surface area contributed by atoms with Crippen molar-refractivity contribution in [3.05, 3.63) is 71.8 Å². The summed E-state index contributed by atoms with van der Waals surface area (Å²) in [5.74, 6) is -0.930. The second-order valence-corrected chi connectivity index (χ2v) is 4.40. The average Bonchev–Trinajstić information content (AvgIpc) is 2.57.